The van der Waals surface area contributed by atoms with Crippen molar-refractivity contribution in [3.05, 3.63) is 23.8 Å². The highest BCUT2D eigenvalue weighted by molar-refractivity contribution is 5.94. The van der Waals surface area contributed by atoms with Gasteiger partial charge in [-0.2, -0.15) is 0 Å². The first kappa shape index (κ1) is 13.7. The number of carbonyl (C=O) groups excluding carboxylic acids is 1. The van der Waals surface area contributed by atoms with Gasteiger partial charge in [-0.3, -0.25) is 9.69 Å². The molecule has 0 radical (unpaired) electrons. The molecule has 0 saturated heterocycles. The molecule has 5 N–H and O–H groups in total. The molecule has 1 aromatic rings. The maximum Gasteiger partial charge on any atom is 0.248 e. The van der Waals surface area contributed by atoms with E-state index in [-0.39, 0.29) is 0 Å². The molecule has 0 unspecified atom stereocenters. The Morgan fingerprint density at radius 1 is 1.47 bits per heavy atom. The average Bonchev–Trinajstić information content (AvgIpc) is 3.20. The second kappa shape index (κ2) is 5.93. The average molecular weight is 262 g/mol. The van der Waals surface area contributed by atoms with Crippen LogP contribution in [-0.2, 0) is 0 Å². The maximum absolute atomic E-state index is 11.0. The number of nitrogens with one attached hydrogen (secondary N) is 1. The summed E-state index contributed by atoms with van der Waals surface area (Å²) in [5, 5.41) is 3.31. The Morgan fingerprint density at radius 3 is 2.74 bits per heavy atom. The van der Waals surface area contributed by atoms with Gasteiger partial charge >= 0.3 is 0 Å². The van der Waals surface area contributed by atoms with Gasteiger partial charge in [-0.1, -0.05) is 6.92 Å². The number of hydrogen-bond acceptors (Lipinski definition) is 4. The standard InChI is InChI=1S/C14H22N4O/c1-2-18(11-4-5-11)8-7-17-13-6-3-10(14(16)19)9-12(13)15/h3,6,9,11,17H,2,4-5,7-8,15H2,1H3,(H2,16,19). The summed E-state index contributed by atoms with van der Waals surface area (Å²) in [5.41, 5.74) is 13.0. The highest BCUT2D eigenvalue weighted by Gasteiger charge is 2.27. The first-order chi connectivity index (χ1) is 9.11. The zero-order valence-electron chi connectivity index (χ0n) is 11.4. The highest BCUT2D eigenvalue weighted by Crippen LogP contribution is 2.26. The Hall–Kier alpha value is -1.75. The number of nitrogens with zero attached hydrogens (tertiary/aromatic N) is 1. The summed E-state index contributed by atoms with van der Waals surface area (Å²) in [4.78, 5) is 13.5. The minimum Gasteiger partial charge on any atom is -0.397 e. The number of nitrogen functional groups attached to an aromatic ring is 1. The molecule has 1 aliphatic rings. The van der Waals surface area contributed by atoms with E-state index in [4.69, 9.17) is 11.5 Å². The van der Waals surface area contributed by atoms with Gasteiger partial charge in [0.1, 0.15) is 0 Å². The quantitative estimate of drug-likeness (QED) is 0.646. The van der Waals surface area contributed by atoms with E-state index in [9.17, 15) is 4.79 Å². The normalized spacial score (nSPS) is 14.6. The number of anilines is 2. The third kappa shape index (κ3) is 3.61. The zero-order chi connectivity index (χ0) is 13.8. The molecule has 19 heavy (non-hydrogen) atoms. The molecule has 1 aliphatic carbocycles. The minimum absolute atomic E-state index is 0.441. The number of rotatable bonds is 7. The molecule has 1 saturated carbocycles. The topological polar surface area (TPSA) is 84.4 Å². The van der Waals surface area contributed by atoms with Crippen molar-refractivity contribution in [1.29, 1.82) is 0 Å². The van der Waals surface area contributed by atoms with Gasteiger partial charge in [-0.15, -0.1) is 0 Å². The number of hydrogen-bond donors (Lipinski definition) is 3. The highest BCUT2D eigenvalue weighted by atomic mass is 16.1. The summed E-state index contributed by atoms with van der Waals surface area (Å²) < 4.78 is 0. The first-order valence-corrected chi connectivity index (χ1v) is 6.79. The summed E-state index contributed by atoms with van der Waals surface area (Å²) >= 11 is 0. The predicted octanol–water partition coefficient (Wildman–Crippen LogP) is 1.26. The van der Waals surface area contributed by atoms with Crippen LogP contribution < -0.4 is 16.8 Å². The molecule has 0 heterocycles. The largest absolute Gasteiger partial charge is 0.397 e. The number of carbonyl (C=O) groups is 1. The van der Waals surface area contributed by atoms with Crippen molar-refractivity contribution in [1.82, 2.24) is 4.90 Å². The van der Waals surface area contributed by atoms with E-state index in [1.165, 1.54) is 12.8 Å². The maximum atomic E-state index is 11.0. The Kier molecular flexibility index (Phi) is 4.27. The lowest BCUT2D eigenvalue weighted by Crippen LogP contribution is -2.31. The third-order valence-corrected chi connectivity index (χ3v) is 3.52. The summed E-state index contributed by atoms with van der Waals surface area (Å²) in [6, 6.07) is 5.90. The van der Waals surface area contributed by atoms with Crippen LogP contribution in [0.4, 0.5) is 11.4 Å². The van der Waals surface area contributed by atoms with Crippen molar-refractivity contribution < 1.29 is 4.79 Å². The van der Waals surface area contributed by atoms with E-state index in [2.05, 4.69) is 17.1 Å². The van der Waals surface area contributed by atoms with Crippen molar-refractivity contribution in [2.45, 2.75) is 25.8 Å². The fraction of sp³-hybridized carbons (Fsp3) is 0.500. The van der Waals surface area contributed by atoms with E-state index in [0.29, 0.717) is 11.3 Å². The molecule has 5 nitrogen and oxygen atoms in total. The molecule has 0 aliphatic heterocycles. The number of benzene rings is 1. The molecule has 1 amide bonds. The van der Waals surface area contributed by atoms with E-state index in [0.717, 1.165) is 31.4 Å². The number of primary amides is 1. The van der Waals surface area contributed by atoms with Crippen molar-refractivity contribution in [3.8, 4) is 0 Å². The molecule has 0 spiro atoms. The Morgan fingerprint density at radius 2 is 2.21 bits per heavy atom. The SMILES string of the molecule is CCN(CCNc1ccc(C(N)=O)cc1N)C1CC1. The van der Waals surface area contributed by atoms with Gasteiger partial charge in [0.05, 0.1) is 11.4 Å². The van der Waals surface area contributed by atoms with Gasteiger partial charge < -0.3 is 16.8 Å². The lowest BCUT2D eigenvalue weighted by molar-refractivity contribution is 0.100. The smallest absolute Gasteiger partial charge is 0.248 e. The van der Waals surface area contributed by atoms with Gasteiger partial charge in [-0.25, -0.2) is 0 Å². The van der Waals surface area contributed by atoms with Crippen LogP contribution in [0.25, 0.3) is 0 Å². The summed E-state index contributed by atoms with van der Waals surface area (Å²) in [6.45, 7) is 5.14. The van der Waals surface area contributed by atoms with Crippen LogP contribution in [-0.4, -0.2) is 36.5 Å². The van der Waals surface area contributed by atoms with Crippen LogP contribution in [0, 0.1) is 0 Å². The fourth-order valence-corrected chi connectivity index (χ4v) is 2.25. The van der Waals surface area contributed by atoms with Crippen molar-refractivity contribution in [3.63, 3.8) is 0 Å². The third-order valence-electron chi connectivity index (χ3n) is 3.52. The van der Waals surface area contributed by atoms with Crippen molar-refractivity contribution >= 4 is 17.3 Å². The van der Waals surface area contributed by atoms with E-state index in [1.807, 2.05) is 6.07 Å². The van der Waals surface area contributed by atoms with Crippen molar-refractivity contribution in [2.75, 3.05) is 30.7 Å². The molecular weight excluding hydrogens is 240 g/mol. The Bertz CT molecular complexity index is 457. The number of likely N-dealkylation sites (N-methyl/N-ethyl adjacent to an activating group) is 1. The van der Waals surface area contributed by atoms with Gasteiger partial charge in [0.25, 0.3) is 0 Å². The molecular formula is C14H22N4O. The second-order valence-corrected chi connectivity index (χ2v) is 4.95. The molecule has 0 atom stereocenters. The van der Waals surface area contributed by atoms with Crippen LogP contribution in [0.2, 0.25) is 0 Å². The van der Waals surface area contributed by atoms with Crippen LogP contribution in [0.15, 0.2) is 18.2 Å². The summed E-state index contributed by atoms with van der Waals surface area (Å²) in [6.07, 6.45) is 2.65. The molecule has 2 rings (SSSR count). The minimum atomic E-state index is -0.454. The molecule has 104 valence electrons. The van der Waals surface area contributed by atoms with E-state index >= 15 is 0 Å². The van der Waals surface area contributed by atoms with E-state index < -0.39 is 5.91 Å². The van der Waals surface area contributed by atoms with Gasteiger partial charge in [0, 0.05) is 24.7 Å². The Balaban J connectivity index is 1.87. The van der Waals surface area contributed by atoms with Gasteiger partial charge in [0.2, 0.25) is 5.91 Å². The zero-order valence-corrected chi connectivity index (χ0v) is 11.4. The second-order valence-electron chi connectivity index (χ2n) is 4.95. The predicted molar refractivity (Wildman–Crippen MR) is 78.1 cm³/mol. The summed E-state index contributed by atoms with van der Waals surface area (Å²) in [5.74, 6) is -0.454. The van der Waals surface area contributed by atoms with Gasteiger partial charge in [-0.05, 0) is 37.6 Å². The Labute approximate surface area is 113 Å². The molecule has 5 heteroatoms. The van der Waals surface area contributed by atoms with E-state index in [1.54, 1.807) is 12.1 Å². The molecule has 1 fully saturated rings. The summed E-state index contributed by atoms with van der Waals surface area (Å²) in [7, 11) is 0. The van der Waals surface area contributed by atoms with Crippen molar-refractivity contribution in [2.24, 2.45) is 5.73 Å². The first-order valence-electron chi connectivity index (χ1n) is 6.79. The van der Waals surface area contributed by atoms with Crippen LogP contribution in [0.3, 0.4) is 0 Å². The van der Waals surface area contributed by atoms with Crippen LogP contribution >= 0.6 is 0 Å². The molecule has 0 aromatic heterocycles. The lowest BCUT2D eigenvalue weighted by atomic mass is 10.1. The number of nitrogens with two attached hydrogens (primary N) is 2. The van der Waals surface area contributed by atoms with Gasteiger partial charge in [0.15, 0.2) is 0 Å². The monoisotopic (exact) mass is 262 g/mol. The molecule has 1 aromatic carbocycles. The lowest BCUT2D eigenvalue weighted by Gasteiger charge is -2.20. The molecule has 0 bridgehead atoms. The number of amides is 1. The van der Waals surface area contributed by atoms with Crippen LogP contribution in [0.5, 0.6) is 0 Å². The fourth-order valence-electron chi connectivity index (χ4n) is 2.25. The van der Waals surface area contributed by atoms with Crippen LogP contribution in [0.1, 0.15) is 30.1 Å².